The number of rotatable bonds is 7. The van der Waals surface area contributed by atoms with Crippen LogP contribution >= 0.6 is 11.6 Å². The highest BCUT2D eigenvalue weighted by Gasteiger charge is 2.45. The number of halogens is 3. The Hall–Kier alpha value is -3.80. The van der Waals surface area contributed by atoms with Crippen molar-refractivity contribution in [1.82, 2.24) is 19.8 Å². The molecule has 0 N–H and O–H groups in total. The Morgan fingerprint density at radius 1 is 0.981 bits per heavy atom. The van der Waals surface area contributed by atoms with Gasteiger partial charge in [-0.3, -0.25) is 9.80 Å². The second kappa shape index (κ2) is 13.6. The van der Waals surface area contributed by atoms with Crippen LogP contribution in [0.15, 0.2) is 36.4 Å². The number of amides is 1. The molecule has 4 bridgehead atoms. The molecule has 276 valence electrons. The number of benzene rings is 3. The molecule has 9 nitrogen and oxygen atoms in total. The quantitative estimate of drug-likeness (QED) is 0.188. The van der Waals surface area contributed by atoms with Gasteiger partial charge in [0.2, 0.25) is 0 Å². The average Bonchev–Trinajstić information content (AvgIpc) is 3.46. The number of hydrogen-bond acceptors (Lipinski definition) is 8. The van der Waals surface area contributed by atoms with E-state index >= 15 is 4.39 Å². The Morgan fingerprint density at radius 2 is 1.67 bits per heavy atom. The van der Waals surface area contributed by atoms with E-state index in [0.717, 1.165) is 56.4 Å². The van der Waals surface area contributed by atoms with E-state index in [4.69, 9.17) is 30.8 Å². The van der Waals surface area contributed by atoms with Crippen molar-refractivity contribution in [1.29, 1.82) is 0 Å². The SMILES string of the molecule is Cc1cc(-c2c(Cl)cc3c(N4CC5CCC(C4)N5C(=O)OC(C)(C)C)nc(OC[C@H](C)CN4C5CCC4COC5)nc3c2F)c2cc(F)ccc2c1. The molecule has 5 heterocycles. The molecule has 4 aliphatic rings. The minimum absolute atomic E-state index is 0.0752. The molecule has 4 aromatic rings. The molecule has 4 aliphatic heterocycles. The molecule has 1 aromatic heterocycles. The summed E-state index contributed by atoms with van der Waals surface area (Å²) in [5.74, 6) is -0.376. The van der Waals surface area contributed by atoms with Gasteiger partial charge in [0, 0.05) is 48.6 Å². The summed E-state index contributed by atoms with van der Waals surface area (Å²) in [5.41, 5.74) is 0.987. The van der Waals surface area contributed by atoms with Gasteiger partial charge in [0.15, 0.2) is 5.82 Å². The molecular weight excluding hydrogens is 688 g/mol. The fourth-order valence-corrected chi connectivity index (χ4v) is 9.02. The minimum atomic E-state index is -0.625. The maximum atomic E-state index is 17.2. The van der Waals surface area contributed by atoms with Crippen LogP contribution < -0.4 is 9.64 Å². The molecule has 0 aliphatic carbocycles. The first kappa shape index (κ1) is 35.2. The van der Waals surface area contributed by atoms with Gasteiger partial charge in [0.1, 0.15) is 22.8 Å². The van der Waals surface area contributed by atoms with Crippen LogP contribution in [0.25, 0.3) is 32.8 Å². The number of piperazine rings is 1. The molecule has 5 atom stereocenters. The summed E-state index contributed by atoms with van der Waals surface area (Å²) < 4.78 is 49.6. The fourth-order valence-electron chi connectivity index (χ4n) is 8.73. The lowest BCUT2D eigenvalue weighted by atomic mass is 9.94. The number of carbonyl (C=O) groups excluding carboxylic acids is 1. The third-order valence-corrected chi connectivity index (χ3v) is 11.3. The van der Waals surface area contributed by atoms with E-state index in [1.54, 1.807) is 12.1 Å². The smallest absolute Gasteiger partial charge is 0.410 e. The van der Waals surface area contributed by atoms with Gasteiger partial charge in [0.25, 0.3) is 0 Å². The van der Waals surface area contributed by atoms with Crippen LogP contribution in [-0.4, -0.2) is 95.1 Å². The van der Waals surface area contributed by atoms with Crippen molar-refractivity contribution in [3.8, 4) is 17.1 Å². The van der Waals surface area contributed by atoms with Crippen LogP contribution in [0.4, 0.5) is 19.4 Å². The summed E-state index contributed by atoms with van der Waals surface area (Å²) >= 11 is 6.98. The Balaban J connectivity index is 1.17. The fraction of sp³-hybridized carbons (Fsp3) is 0.525. The number of morpholine rings is 1. The summed E-state index contributed by atoms with van der Waals surface area (Å²) in [6, 6.07) is 10.7. The Morgan fingerprint density at radius 3 is 2.37 bits per heavy atom. The van der Waals surface area contributed by atoms with Gasteiger partial charge in [-0.25, -0.2) is 13.6 Å². The maximum Gasteiger partial charge on any atom is 0.410 e. The van der Waals surface area contributed by atoms with E-state index in [-0.39, 0.29) is 46.2 Å². The second-order valence-corrected chi connectivity index (χ2v) is 16.6. The number of fused-ring (bicyclic) bond motifs is 6. The van der Waals surface area contributed by atoms with Crippen molar-refractivity contribution in [3.63, 3.8) is 0 Å². The molecule has 0 spiro atoms. The molecule has 8 rings (SSSR count). The number of nitrogens with zero attached hydrogens (tertiary/aromatic N) is 5. The summed E-state index contributed by atoms with van der Waals surface area (Å²) in [5, 5.41) is 1.95. The van der Waals surface area contributed by atoms with E-state index in [9.17, 15) is 9.18 Å². The standard InChI is InChI=1S/C40H46ClF2N5O4/c1-22-12-24-6-7-25(42)14-30(24)31(13-22)34-33(41)15-32-36(35(34)43)44-38(51-19-23(2)16-47-28-10-11-29(47)21-50-20-28)45-37(32)46-17-26-8-9-27(18-46)48(26)39(49)52-40(3,4)5/h6-7,12-15,23,26-29H,8-11,16-21H2,1-5H3/t23-,26?,27?,28?,29?/m1/s1. The number of hydrogen-bond donors (Lipinski definition) is 0. The lowest BCUT2D eigenvalue weighted by Gasteiger charge is -2.42. The average molecular weight is 734 g/mol. The number of aromatic nitrogens is 2. The number of aryl methyl sites for hydroxylation is 1. The van der Waals surface area contributed by atoms with Crippen molar-refractivity contribution in [3.05, 3.63) is 58.6 Å². The highest BCUT2D eigenvalue weighted by molar-refractivity contribution is 6.35. The molecule has 12 heteroatoms. The first-order chi connectivity index (χ1) is 24.8. The molecule has 4 unspecified atom stereocenters. The zero-order valence-corrected chi connectivity index (χ0v) is 31.2. The zero-order valence-electron chi connectivity index (χ0n) is 30.4. The second-order valence-electron chi connectivity index (χ2n) is 16.2. The summed E-state index contributed by atoms with van der Waals surface area (Å²) in [7, 11) is 0. The largest absolute Gasteiger partial charge is 0.463 e. The van der Waals surface area contributed by atoms with E-state index in [1.165, 1.54) is 12.1 Å². The van der Waals surface area contributed by atoms with Crippen LogP contribution in [0.2, 0.25) is 5.02 Å². The molecule has 3 aromatic carbocycles. The van der Waals surface area contributed by atoms with Crippen LogP contribution in [0.1, 0.15) is 58.9 Å². The van der Waals surface area contributed by atoms with Gasteiger partial charge in [-0.05, 0) is 93.5 Å². The first-order valence-electron chi connectivity index (χ1n) is 18.5. The van der Waals surface area contributed by atoms with Crippen molar-refractivity contribution >= 4 is 45.2 Å². The third-order valence-electron chi connectivity index (χ3n) is 11.0. The normalized spacial score (nSPS) is 23.8. The van der Waals surface area contributed by atoms with Gasteiger partial charge in [-0.2, -0.15) is 9.97 Å². The predicted molar refractivity (Wildman–Crippen MR) is 198 cm³/mol. The molecule has 1 amide bonds. The molecule has 0 saturated carbocycles. The van der Waals surface area contributed by atoms with Gasteiger partial charge in [0.05, 0.1) is 36.9 Å². The number of carbonyl (C=O) groups is 1. The molecule has 0 radical (unpaired) electrons. The van der Waals surface area contributed by atoms with Crippen LogP contribution in [0.5, 0.6) is 6.01 Å². The van der Waals surface area contributed by atoms with E-state index in [1.807, 2.05) is 44.7 Å². The zero-order chi connectivity index (χ0) is 36.5. The van der Waals surface area contributed by atoms with Crippen molar-refractivity contribution < 1.29 is 27.8 Å². The Labute approximate surface area is 308 Å². The Bertz CT molecular complexity index is 2010. The van der Waals surface area contributed by atoms with E-state index in [2.05, 4.69) is 21.7 Å². The molecule has 4 fully saturated rings. The van der Waals surface area contributed by atoms with E-state index < -0.39 is 17.2 Å². The van der Waals surface area contributed by atoms with Gasteiger partial charge >= 0.3 is 12.1 Å². The lowest BCUT2D eigenvalue weighted by Crippen LogP contribution is -2.57. The monoisotopic (exact) mass is 733 g/mol. The van der Waals surface area contributed by atoms with Crippen molar-refractivity contribution in [2.45, 2.75) is 90.1 Å². The maximum absolute atomic E-state index is 17.2. The highest BCUT2D eigenvalue weighted by Crippen LogP contribution is 2.43. The highest BCUT2D eigenvalue weighted by atomic mass is 35.5. The van der Waals surface area contributed by atoms with Gasteiger partial charge in [-0.15, -0.1) is 0 Å². The van der Waals surface area contributed by atoms with Crippen LogP contribution in [0.3, 0.4) is 0 Å². The topological polar surface area (TPSA) is 80.3 Å². The molecular formula is C40H46ClF2N5O4. The van der Waals surface area contributed by atoms with Crippen LogP contribution in [0, 0.1) is 24.5 Å². The van der Waals surface area contributed by atoms with Gasteiger partial charge < -0.3 is 19.1 Å². The van der Waals surface area contributed by atoms with Crippen molar-refractivity contribution in [2.75, 3.05) is 44.4 Å². The molecule has 52 heavy (non-hydrogen) atoms. The predicted octanol–water partition coefficient (Wildman–Crippen LogP) is 8.16. The Kier molecular flexibility index (Phi) is 9.19. The van der Waals surface area contributed by atoms with Gasteiger partial charge in [-0.1, -0.05) is 36.7 Å². The summed E-state index contributed by atoms with van der Waals surface area (Å²) in [4.78, 5) is 29.4. The number of ether oxygens (including phenoxy) is 3. The first-order valence-corrected chi connectivity index (χ1v) is 18.8. The summed E-state index contributed by atoms with van der Waals surface area (Å²) in [6.45, 7) is 13.4. The number of anilines is 1. The molecule has 4 saturated heterocycles. The third kappa shape index (κ3) is 6.64. The summed E-state index contributed by atoms with van der Waals surface area (Å²) in [6.07, 6.45) is 3.62. The minimum Gasteiger partial charge on any atom is -0.463 e. The van der Waals surface area contributed by atoms with Crippen molar-refractivity contribution in [2.24, 2.45) is 5.92 Å². The van der Waals surface area contributed by atoms with Crippen LogP contribution in [-0.2, 0) is 9.47 Å². The lowest BCUT2D eigenvalue weighted by molar-refractivity contribution is -0.0229. The van der Waals surface area contributed by atoms with E-state index in [0.29, 0.717) is 53.9 Å².